The van der Waals surface area contributed by atoms with Crippen LogP contribution >= 0.6 is 11.6 Å². The van der Waals surface area contributed by atoms with Gasteiger partial charge in [-0.1, -0.05) is 29.8 Å². The van der Waals surface area contributed by atoms with Crippen LogP contribution in [0.5, 0.6) is 5.75 Å². The second-order valence-electron chi connectivity index (χ2n) is 9.02. The van der Waals surface area contributed by atoms with Gasteiger partial charge in [0.15, 0.2) is 11.4 Å². The van der Waals surface area contributed by atoms with E-state index >= 15 is 0 Å². The van der Waals surface area contributed by atoms with Crippen LogP contribution in [-0.4, -0.2) is 37.6 Å². The topological polar surface area (TPSA) is 86.7 Å². The molecule has 3 aromatic carbocycles. The average Bonchev–Trinajstić information content (AvgIpc) is 2.89. The van der Waals surface area contributed by atoms with Crippen molar-refractivity contribution in [3.63, 3.8) is 0 Å². The quantitative estimate of drug-likeness (QED) is 0.142. The first-order valence-electron chi connectivity index (χ1n) is 11.8. The van der Waals surface area contributed by atoms with Gasteiger partial charge >= 0.3 is 11.2 Å². The number of benzene rings is 3. The molecule has 0 saturated heterocycles. The highest BCUT2D eigenvalue weighted by molar-refractivity contribution is 7.92. The summed E-state index contributed by atoms with van der Waals surface area (Å²) < 4.78 is 64.0. The minimum absolute atomic E-state index is 0.0449. The van der Waals surface area contributed by atoms with Gasteiger partial charge in [0.05, 0.1) is 11.5 Å². The Labute approximate surface area is 225 Å². The second-order valence-corrected chi connectivity index (χ2v) is 11.5. The Bertz CT molecular complexity index is 1360. The number of ketones is 1. The molecule has 6 nitrogen and oxygen atoms in total. The Kier molecular flexibility index (Phi) is 9.27. The molecule has 3 aromatic rings. The number of halogens is 3. The normalized spacial score (nSPS) is 12.1. The van der Waals surface area contributed by atoms with E-state index in [4.69, 9.17) is 21.1 Å². The molecule has 0 spiro atoms. The Morgan fingerprint density at radius 1 is 0.842 bits per heavy atom. The van der Waals surface area contributed by atoms with E-state index in [1.165, 1.54) is 32.0 Å². The molecule has 0 radical (unpaired) electrons. The van der Waals surface area contributed by atoms with Crippen LogP contribution in [0.1, 0.15) is 49.0 Å². The molecule has 0 heterocycles. The molecule has 3 rings (SSSR count). The van der Waals surface area contributed by atoms with E-state index in [2.05, 4.69) is 0 Å². The number of carbonyl (C=O) groups excluding carboxylic acids is 2. The maximum absolute atomic E-state index is 14.4. The zero-order chi connectivity index (χ0) is 28.0. The number of carbonyl (C=O) groups is 2. The van der Waals surface area contributed by atoms with Gasteiger partial charge < -0.3 is 9.47 Å². The molecule has 0 bridgehead atoms. The minimum Gasteiger partial charge on any atom is -0.476 e. The van der Waals surface area contributed by atoms with Crippen molar-refractivity contribution in [3.05, 3.63) is 95.0 Å². The van der Waals surface area contributed by atoms with Crippen LogP contribution in [0.15, 0.2) is 83.8 Å². The summed E-state index contributed by atoms with van der Waals surface area (Å²) in [6, 6.07) is 19.3. The standard InChI is InChI=1S/C28H27ClF2O6S/c1-27(2,37-23-16-12-21(13-17-23)25(32)20-10-14-22(29)15-11-20)26(33)36-19-7-6-18-28(30,31)38(34,35)24-8-4-3-5-9-24/h3-5,8-17H,6-7,18-19H2,1-2H3. The zero-order valence-corrected chi connectivity index (χ0v) is 22.4. The van der Waals surface area contributed by atoms with Gasteiger partial charge in [0.2, 0.25) is 9.84 Å². The summed E-state index contributed by atoms with van der Waals surface area (Å²) in [5.74, 6) is -0.595. The van der Waals surface area contributed by atoms with Gasteiger partial charge in [0.25, 0.3) is 0 Å². The van der Waals surface area contributed by atoms with Crippen molar-refractivity contribution in [1.82, 2.24) is 0 Å². The first-order chi connectivity index (χ1) is 17.8. The summed E-state index contributed by atoms with van der Waals surface area (Å²) in [6.45, 7) is 2.80. The van der Waals surface area contributed by atoms with Crippen LogP contribution in [-0.2, 0) is 19.4 Å². The molecule has 0 aliphatic rings. The number of sulfone groups is 1. The summed E-state index contributed by atoms with van der Waals surface area (Å²) in [7, 11) is -4.81. The highest BCUT2D eigenvalue weighted by Crippen LogP contribution is 2.33. The molecule has 0 fully saturated rings. The first kappa shape index (κ1) is 29.3. The number of ether oxygens (including phenoxy) is 2. The van der Waals surface area contributed by atoms with E-state index < -0.39 is 38.0 Å². The summed E-state index contributed by atoms with van der Waals surface area (Å²) in [5, 5.41) is -3.42. The summed E-state index contributed by atoms with van der Waals surface area (Å²) in [4.78, 5) is 24.6. The maximum atomic E-state index is 14.4. The molecule has 10 heteroatoms. The van der Waals surface area contributed by atoms with E-state index in [9.17, 15) is 26.8 Å². The first-order valence-corrected chi connectivity index (χ1v) is 13.6. The Balaban J connectivity index is 1.48. The van der Waals surface area contributed by atoms with Crippen LogP contribution in [0.25, 0.3) is 0 Å². The van der Waals surface area contributed by atoms with Crippen molar-refractivity contribution in [2.75, 3.05) is 6.61 Å². The highest BCUT2D eigenvalue weighted by Gasteiger charge is 2.45. The lowest BCUT2D eigenvalue weighted by molar-refractivity contribution is -0.159. The van der Waals surface area contributed by atoms with Gasteiger partial charge in [-0.25, -0.2) is 13.2 Å². The van der Waals surface area contributed by atoms with Gasteiger partial charge in [-0.3, -0.25) is 4.79 Å². The Morgan fingerprint density at radius 2 is 1.39 bits per heavy atom. The van der Waals surface area contributed by atoms with Crippen molar-refractivity contribution >= 4 is 33.2 Å². The summed E-state index contributed by atoms with van der Waals surface area (Å²) in [5.41, 5.74) is -0.504. The molecule has 0 aliphatic carbocycles. The van der Waals surface area contributed by atoms with E-state index in [1.807, 2.05) is 0 Å². The highest BCUT2D eigenvalue weighted by atomic mass is 35.5. The van der Waals surface area contributed by atoms with Crippen molar-refractivity contribution in [3.8, 4) is 5.75 Å². The lowest BCUT2D eigenvalue weighted by atomic mass is 10.0. The van der Waals surface area contributed by atoms with Crippen LogP contribution in [0.3, 0.4) is 0 Å². The van der Waals surface area contributed by atoms with Crippen LogP contribution in [0.2, 0.25) is 5.02 Å². The monoisotopic (exact) mass is 564 g/mol. The van der Waals surface area contributed by atoms with E-state index in [0.717, 1.165) is 12.1 Å². The van der Waals surface area contributed by atoms with Crippen molar-refractivity contribution < 1.29 is 36.3 Å². The molecule has 0 aliphatic heterocycles. The fourth-order valence-electron chi connectivity index (χ4n) is 3.46. The molecule has 0 atom stereocenters. The zero-order valence-electron chi connectivity index (χ0n) is 20.8. The molecule has 38 heavy (non-hydrogen) atoms. The number of unbranched alkanes of at least 4 members (excludes halogenated alkanes) is 1. The lowest BCUT2D eigenvalue weighted by Crippen LogP contribution is -2.40. The second kappa shape index (κ2) is 12.0. The smallest absolute Gasteiger partial charge is 0.350 e. The molecular formula is C28H27ClF2O6S. The minimum atomic E-state index is -4.81. The third-order valence-corrected chi connectivity index (χ3v) is 7.76. The summed E-state index contributed by atoms with van der Waals surface area (Å²) >= 11 is 5.86. The third kappa shape index (κ3) is 7.17. The molecular weight excluding hydrogens is 538 g/mol. The largest absolute Gasteiger partial charge is 0.476 e. The predicted molar refractivity (Wildman–Crippen MR) is 139 cm³/mol. The maximum Gasteiger partial charge on any atom is 0.350 e. The van der Waals surface area contributed by atoms with Gasteiger partial charge in [0.1, 0.15) is 5.75 Å². The number of esters is 1. The van der Waals surface area contributed by atoms with Crippen molar-refractivity contribution in [2.45, 2.75) is 48.9 Å². The van der Waals surface area contributed by atoms with Gasteiger partial charge in [-0.2, -0.15) is 8.78 Å². The van der Waals surface area contributed by atoms with Crippen molar-refractivity contribution in [2.24, 2.45) is 0 Å². The number of alkyl halides is 2. The van der Waals surface area contributed by atoms with E-state index in [1.54, 1.807) is 48.5 Å². The SMILES string of the molecule is CC(C)(Oc1ccc(C(=O)c2ccc(Cl)cc2)cc1)C(=O)OCCCCC(F)(F)S(=O)(=O)c1ccccc1. The Hall–Kier alpha value is -3.30. The third-order valence-electron chi connectivity index (χ3n) is 5.63. The van der Waals surface area contributed by atoms with Crippen LogP contribution in [0, 0.1) is 0 Å². The molecule has 202 valence electrons. The Morgan fingerprint density at radius 3 is 1.97 bits per heavy atom. The molecule has 0 N–H and O–H groups in total. The fraction of sp³-hybridized carbons (Fsp3) is 0.286. The molecule has 0 aromatic heterocycles. The van der Waals surface area contributed by atoms with Gasteiger partial charge in [-0.15, -0.1) is 0 Å². The average molecular weight is 565 g/mol. The van der Waals surface area contributed by atoms with Gasteiger partial charge in [-0.05, 0) is 87.4 Å². The molecule has 0 saturated carbocycles. The summed E-state index contributed by atoms with van der Waals surface area (Å²) in [6.07, 6.45) is -1.03. The molecule has 0 amide bonds. The predicted octanol–water partition coefficient (Wildman–Crippen LogP) is 6.51. The number of hydrogen-bond acceptors (Lipinski definition) is 6. The van der Waals surface area contributed by atoms with Gasteiger partial charge in [0, 0.05) is 22.6 Å². The molecule has 0 unspecified atom stereocenters. The van der Waals surface area contributed by atoms with Crippen molar-refractivity contribution in [1.29, 1.82) is 0 Å². The number of rotatable bonds is 12. The number of hydrogen-bond donors (Lipinski definition) is 0. The van der Waals surface area contributed by atoms with Crippen LogP contribution in [0.4, 0.5) is 8.78 Å². The van der Waals surface area contributed by atoms with E-state index in [0.29, 0.717) is 21.9 Å². The lowest BCUT2D eigenvalue weighted by Gasteiger charge is -2.24. The fourth-order valence-corrected chi connectivity index (χ4v) is 4.86. The van der Waals surface area contributed by atoms with E-state index in [-0.39, 0.29) is 25.2 Å². The van der Waals surface area contributed by atoms with Crippen LogP contribution < -0.4 is 4.74 Å².